The van der Waals surface area contributed by atoms with Crippen LogP contribution < -0.4 is 10.6 Å². The number of benzene rings is 2. The molecule has 0 aliphatic carbocycles. The lowest BCUT2D eigenvalue weighted by atomic mass is 9.62. The van der Waals surface area contributed by atoms with Crippen LogP contribution in [-0.4, -0.2) is 73.3 Å². The lowest BCUT2D eigenvalue weighted by molar-refractivity contribution is -0.143. The highest BCUT2D eigenvalue weighted by Crippen LogP contribution is 2.50. The van der Waals surface area contributed by atoms with Gasteiger partial charge in [0.2, 0.25) is 11.8 Å². The van der Waals surface area contributed by atoms with Crippen LogP contribution in [0.3, 0.4) is 0 Å². The highest BCUT2D eigenvalue weighted by Gasteiger charge is 2.49. The maximum absolute atomic E-state index is 14.4. The molecule has 3 fully saturated rings. The van der Waals surface area contributed by atoms with Crippen LogP contribution in [0.1, 0.15) is 46.7 Å². The van der Waals surface area contributed by atoms with Crippen molar-refractivity contribution < 1.29 is 31.9 Å². The van der Waals surface area contributed by atoms with Crippen molar-refractivity contribution in [3.05, 3.63) is 71.0 Å². The fraction of sp³-hybridized carbons (Fsp3) is 0.483. The molecule has 3 heterocycles. The Morgan fingerprint density at radius 2 is 1.75 bits per heavy atom. The van der Waals surface area contributed by atoms with Gasteiger partial charge in [-0.25, -0.2) is 4.39 Å². The van der Waals surface area contributed by atoms with Crippen LogP contribution in [0.4, 0.5) is 17.6 Å². The van der Waals surface area contributed by atoms with E-state index in [-0.39, 0.29) is 29.1 Å². The standard InChI is InChI=1S/C29H32F4N4O3/c1-36-17-22(18-5-3-2-4-6-18)28(14-24(36)38)9-11-37(12-10-28)27(40)25(19-15-34-16-19)35-26(39)21-13-20(29(31,32)33)7-8-23(21)30/h2-8,13,19,22,25,34H,9-12,14-17H2,1H3,(H,35,39)/t22?,25-/m1/s1. The minimum Gasteiger partial charge on any atom is -0.345 e. The van der Waals surface area contributed by atoms with Gasteiger partial charge in [0.25, 0.3) is 5.91 Å². The summed E-state index contributed by atoms with van der Waals surface area (Å²) in [4.78, 5) is 42.8. The zero-order chi connectivity index (χ0) is 28.7. The van der Waals surface area contributed by atoms with Crippen molar-refractivity contribution in [3.63, 3.8) is 0 Å². The number of halogens is 4. The van der Waals surface area contributed by atoms with E-state index in [1.54, 1.807) is 16.8 Å². The molecule has 3 amide bonds. The monoisotopic (exact) mass is 560 g/mol. The zero-order valence-electron chi connectivity index (χ0n) is 22.1. The summed E-state index contributed by atoms with van der Waals surface area (Å²) in [5.41, 5.74) is -1.06. The van der Waals surface area contributed by atoms with Crippen molar-refractivity contribution in [2.45, 2.75) is 37.4 Å². The van der Waals surface area contributed by atoms with E-state index in [0.29, 0.717) is 70.2 Å². The molecule has 0 aromatic heterocycles. The second-order valence-electron chi connectivity index (χ2n) is 11.2. The topological polar surface area (TPSA) is 81.8 Å². The Morgan fingerprint density at radius 3 is 2.35 bits per heavy atom. The summed E-state index contributed by atoms with van der Waals surface area (Å²) >= 11 is 0. The van der Waals surface area contributed by atoms with Gasteiger partial charge in [0.1, 0.15) is 11.9 Å². The minimum absolute atomic E-state index is 0.0701. The fourth-order valence-corrected chi connectivity index (χ4v) is 6.19. The van der Waals surface area contributed by atoms with Crippen molar-refractivity contribution in [2.75, 3.05) is 39.8 Å². The molecule has 2 atom stereocenters. The second kappa shape index (κ2) is 10.8. The van der Waals surface area contributed by atoms with Gasteiger partial charge < -0.3 is 20.4 Å². The van der Waals surface area contributed by atoms with Crippen molar-refractivity contribution in [1.29, 1.82) is 0 Å². The number of nitrogens with one attached hydrogen (secondary N) is 2. The van der Waals surface area contributed by atoms with Crippen LogP contribution in [0.5, 0.6) is 0 Å². The molecule has 40 heavy (non-hydrogen) atoms. The number of amides is 3. The molecule has 3 saturated heterocycles. The lowest BCUT2D eigenvalue weighted by Crippen LogP contribution is -2.62. The van der Waals surface area contributed by atoms with Crippen LogP contribution >= 0.6 is 0 Å². The summed E-state index contributed by atoms with van der Waals surface area (Å²) in [7, 11) is 1.80. The van der Waals surface area contributed by atoms with Gasteiger partial charge in [0.15, 0.2) is 0 Å². The third-order valence-corrected chi connectivity index (χ3v) is 8.77. The molecular weight excluding hydrogens is 528 g/mol. The van der Waals surface area contributed by atoms with Crippen molar-refractivity contribution in [2.24, 2.45) is 11.3 Å². The molecular formula is C29H32F4N4O3. The van der Waals surface area contributed by atoms with Crippen LogP contribution in [0.2, 0.25) is 0 Å². The van der Waals surface area contributed by atoms with Gasteiger partial charge in [-0.05, 0) is 42.0 Å². The summed E-state index contributed by atoms with van der Waals surface area (Å²) in [6.07, 6.45) is -3.16. The highest BCUT2D eigenvalue weighted by molar-refractivity contribution is 5.98. The molecule has 2 aromatic rings. The SMILES string of the molecule is CN1CC(c2ccccc2)C2(CCN(C(=O)[C@H](NC(=O)c3cc(C(F)(F)F)ccc3F)C3CNC3)CC2)CC1=O. The van der Waals surface area contributed by atoms with E-state index in [4.69, 9.17) is 0 Å². The van der Waals surface area contributed by atoms with Crippen molar-refractivity contribution >= 4 is 17.7 Å². The molecule has 0 bridgehead atoms. The Hall–Kier alpha value is -3.47. The molecule has 1 spiro atoms. The summed E-state index contributed by atoms with van der Waals surface area (Å²) in [5, 5.41) is 5.58. The molecule has 1 unspecified atom stereocenters. The number of piperidine rings is 2. The average Bonchev–Trinajstić information content (AvgIpc) is 2.89. The number of rotatable bonds is 5. The first-order valence-corrected chi connectivity index (χ1v) is 13.4. The van der Waals surface area contributed by atoms with Crippen molar-refractivity contribution in [3.8, 4) is 0 Å². The van der Waals surface area contributed by atoms with E-state index in [1.807, 2.05) is 18.2 Å². The normalized spacial score (nSPS) is 22.1. The van der Waals surface area contributed by atoms with E-state index >= 15 is 0 Å². The van der Waals surface area contributed by atoms with Gasteiger partial charge in [-0.3, -0.25) is 14.4 Å². The number of carbonyl (C=O) groups excluding carboxylic acids is 3. The van der Waals surface area contributed by atoms with Crippen LogP contribution in [0.25, 0.3) is 0 Å². The number of likely N-dealkylation sites (N-methyl/N-ethyl adjacent to an activating group) is 1. The Balaban J connectivity index is 1.32. The number of carbonyl (C=O) groups is 3. The first-order valence-electron chi connectivity index (χ1n) is 13.4. The smallest absolute Gasteiger partial charge is 0.345 e. The summed E-state index contributed by atoms with van der Waals surface area (Å²) in [5.74, 6) is -2.60. The number of alkyl halides is 3. The van der Waals surface area contributed by atoms with Gasteiger partial charge >= 0.3 is 6.18 Å². The lowest BCUT2D eigenvalue weighted by Gasteiger charge is -2.51. The number of nitrogens with zero attached hydrogens (tertiary/aromatic N) is 2. The molecule has 5 rings (SSSR count). The molecule has 2 N–H and O–H groups in total. The average molecular weight is 561 g/mol. The predicted molar refractivity (Wildman–Crippen MR) is 139 cm³/mol. The third kappa shape index (κ3) is 5.43. The van der Waals surface area contributed by atoms with E-state index in [1.165, 1.54) is 0 Å². The van der Waals surface area contributed by atoms with Crippen LogP contribution in [0.15, 0.2) is 48.5 Å². The quantitative estimate of drug-likeness (QED) is 0.550. The second-order valence-corrected chi connectivity index (χ2v) is 11.2. The maximum atomic E-state index is 14.4. The molecule has 214 valence electrons. The molecule has 2 aromatic carbocycles. The summed E-state index contributed by atoms with van der Waals surface area (Å²) < 4.78 is 53.9. The highest BCUT2D eigenvalue weighted by atomic mass is 19.4. The molecule has 11 heteroatoms. The molecule has 0 radical (unpaired) electrons. The number of hydrogen-bond acceptors (Lipinski definition) is 4. The Labute approximate surface area is 229 Å². The fourth-order valence-electron chi connectivity index (χ4n) is 6.19. The third-order valence-electron chi connectivity index (χ3n) is 8.77. The van der Waals surface area contributed by atoms with E-state index in [0.717, 1.165) is 5.56 Å². The van der Waals surface area contributed by atoms with Gasteiger partial charge in [0, 0.05) is 58.0 Å². The first-order chi connectivity index (χ1) is 19.0. The van der Waals surface area contributed by atoms with Gasteiger partial charge in [-0.2, -0.15) is 13.2 Å². The summed E-state index contributed by atoms with van der Waals surface area (Å²) in [6.45, 7) is 2.23. The molecule has 3 aliphatic heterocycles. The van der Waals surface area contributed by atoms with E-state index < -0.39 is 35.1 Å². The molecule has 0 saturated carbocycles. The minimum atomic E-state index is -4.74. The Morgan fingerprint density at radius 1 is 1.07 bits per heavy atom. The van der Waals surface area contributed by atoms with Gasteiger partial charge in [0.05, 0.1) is 11.1 Å². The Bertz CT molecular complexity index is 1270. The number of likely N-dealkylation sites (tertiary alicyclic amines) is 2. The van der Waals surface area contributed by atoms with Gasteiger partial charge in [-0.15, -0.1) is 0 Å². The summed E-state index contributed by atoms with van der Waals surface area (Å²) in [6, 6.07) is 10.7. The largest absolute Gasteiger partial charge is 0.416 e. The molecule has 3 aliphatic rings. The zero-order valence-corrected chi connectivity index (χ0v) is 22.1. The first kappa shape index (κ1) is 28.1. The van der Waals surface area contributed by atoms with Crippen LogP contribution in [0, 0.1) is 17.2 Å². The van der Waals surface area contributed by atoms with Gasteiger partial charge in [-0.1, -0.05) is 30.3 Å². The molecule has 7 nitrogen and oxygen atoms in total. The van der Waals surface area contributed by atoms with E-state index in [9.17, 15) is 31.9 Å². The van der Waals surface area contributed by atoms with E-state index in [2.05, 4.69) is 22.8 Å². The predicted octanol–water partition coefficient (Wildman–Crippen LogP) is 3.42. The Kier molecular flexibility index (Phi) is 7.60. The maximum Gasteiger partial charge on any atom is 0.416 e. The number of hydrogen-bond donors (Lipinski definition) is 2. The van der Waals surface area contributed by atoms with Crippen LogP contribution in [-0.2, 0) is 15.8 Å². The van der Waals surface area contributed by atoms with Crippen molar-refractivity contribution in [1.82, 2.24) is 20.4 Å².